The fourth-order valence-electron chi connectivity index (χ4n) is 1.34. The highest BCUT2D eigenvalue weighted by Crippen LogP contribution is 2.19. The Bertz CT molecular complexity index is 466. The average Bonchev–Trinajstić information content (AvgIpc) is 2.68. The van der Waals surface area contributed by atoms with Crippen LogP contribution in [0.3, 0.4) is 0 Å². The van der Waals surface area contributed by atoms with E-state index >= 15 is 0 Å². The summed E-state index contributed by atoms with van der Waals surface area (Å²) in [5.41, 5.74) is 4.47. The average molecular weight is 274 g/mol. The van der Waals surface area contributed by atoms with Gasteiger partial charge in [0.25, 0.3) is 0 Å². The second-order valence-corrected chi connectivity index (χ2v) is 5.10. The van der Waals surface area contributed by atoms with Gasteiger partial charge < -0.3 is 10.5 Å². The van der Waals surface area contributed by atoms with Crippen molar-refractivity contribution in [3.8, 4) is 0 Å². The highest BCUT2D eigenvalue weighted by molar-refractivity contribution is 7.99. The Morgan fingerprint density at radius 1 is 1.67 bits per heavy atom. The fraction of sp³-hybridized carbons (Fsp3) is 0.700. The number of hydrogen-bond donors (Lipinski definition) is 2. The van der Waals surface area contributed by atoms with Crippen molar-refractivity contribution in [2.45, 2.75) is 37.5 Å². The first-order chi connectivity index (χ1) is 8.42. The zero-order chi connectivity index (χ0) is 13.8. The number of methoxy groups -OCH3 is 1. The maximum absolute atomic E-state index is 11.5. The summed E-state index contributed by atoms with van der Waals surface area (Å²) in [5.74, 6) is -0.205. The molecule has 8 heteroatoms. The van der Waals surface area contributed by atoms with E-state index in [9.17, 15) is 9.59 Å². The summed E-state index contributed by atoms with van der Waals surface area (Å²) >= 11 is 1.25. The SMILES string of the molecule is CCCn1c(SCC(C)(N)C(=O)OC)n[nH]c1=O. The van der Waals surface area contributed by atoms with Gasteiger partial charge in [-0.2, -0.15) is 0 Å². The lowest BCUT2D eigenvalue weighted by molar-refractivity contribution is -0.145. The van der Waals surface area contributed by atoms with Gasteiger partial charge in [0.05, 0.1) is 7.11 Å². The molecule has 0 aliphatic rings. The number of aromatic amines is 1. The molecule has 0 amide bonds. The molecule has 1 aromatic heterocycles. The van der Waals surface area contributed by atoms with Crippen LogP contribution in [0.25, 0.3) is 0 Å². The minimum atomic E-state index is -1.11. The molecule has 0 aliphatic carbocycles. The molecule has 1 aromatic rings. The van der Waals surface area contributed by atoms with E-state index < -0.39 is 11.5 Å². The molecule has 7 nitrogen and oxygen atoms in total. The van der Waals surface area contributed by atoms with Crippen molar-refractivity contribution in [1.82, 2.24) is 14.8 Å². The minimum absolute atomic E-state index is 0.254. The topological polar surface area (TPSA) is 103 Å². The second-order valence-electron chi connectivity index (χ2n) is 4.16. The molecular weight excluding hydrogens is 256 g/mol. The van der Waals surface area contributed by atoms with Gasteiger partial charge in [-0.3, -0.25) is 9.36 Å². The van der Waals surface area contributed by atoms with Crippen LogP contribution in [0.2, 0.25) is 0 Å². The van der Waals surface area contributed by atoms with E-state index in [0.717, 1.165) is 6.42 Å². The summed E-state index contributed by atoms with van der Waals surface area (Å²) in [6.07, 6.45) is 0.823. The summed E-state index contributed by atoms with van der Waals surface area (Å²) in [5, 5.41) is 6.81. The number of ether oxygens (including phenoxy) is 1. The lowest BCUT2D eigenvalue weighted by Gasteiger charge is -2.20. The molecule has 0 saturated carbocycles. The quantitative estimate of drug-likeness (QED) is 0.557. The second kappa shape index (κ2) is 6.05. The number of H-pyrrole nitrogens is 1. The number of nitrogens with zero attached hydrogens (tertiary/aromatic N) is 2. The van der Waals surface area contributed by atoms with E-state index in [0.29, 0.717) is 11.7 Å². The van der Waals surface area contributed by atoms with Crippen LogP contribution < -0.4 is 11.4 Å². The summed E-state index contributed by atoms with van der Waals surface area (Å²) in [7, 11) is 1.29. The van der Waals surface area contributed by atoms with Crippen molar-refractivity contribution in [1.29, 1.82) is 0 Å². The lowest BCUT2D eigenvalue weighted by Crippen LogP contribution is -2.48. The highest BCUT2D eigenvalue weighted by Gasteiger charge is 2.30. The van der Waals surface area contributed by atoms with Gasteiger partial charge in [-0.05, 0) is 13.3 Å². The monoisotopic (exact) mass is 274 g/mol. The number of carbonyl (C=O) groups excluding carboxylic acids is 1. The van der Waals surface area contributed by atoms with Gasteiger partial charge in [-0.25, -0.2) is 9.89 Å². The number of aromatic nitrogens is 3. The summed E-state index contributed by atoms with van der Waals surface area (Å²) in [6.45, 7) is 4.13. The molecule has 102 valence electrons. The number of esters is 1. The molecule has 0 radical (unpaired) electrons. The Morgan fingerprint density at radius 2 is 2.33 bits per heavy atom. The fourth-order valence-corrected chi connectivity index (χ4v) is 2.33. The van der Waals surface area contributed by atoms with Gasteiger partial charge in [0.1, 0.15) is 5.54 Å². The van der Waals surface area contributed by atoms with Crippen LogP contribution in [-0.2, 0) is 16.1 Å². The molecule has 1 atom stereocenters. The van der Waals surface area contributed by atoms with Crippen LogP contribution >= 0.6 is 11.8 Å². The number of nitrogens with one attached hydrogen (secondary N) is 1. The highest BCUT2D eigenvalue weighted by atomic mass is 32.2. The Kier molecular flexibility index (Phi) is 4.97. The Balaban J connectivity index is 2.75. The van der Waals surface area contributed by atoms with E-state index in [1.807, 2.05) is 6.92 Å². The minimum Gasteiger partial charge on any atom is -0.468 e. The third-order valence-electron chi connectivity index (χ3n) is 2.32. The lowest BCUT2D eigenvalue weighted by atomic mass is 10.1. The molecule has 3 N–H and O–H groups in total. The standard InChI is InChI=1S/C10H18N4O3S/c1-4-5-14-8(16)12-13-9(14)18-6-10(2,11)7(15)17-3/h4-6,11H2,1-3H3,(H,12,16). The zero-order valence-electron chi connectivity index (χ0n) is 10.7. The van der Waals surface area contributed by atoms with Crippen LogP contribution in [0.15, 0.2) is 9.95 Å². The Hall–Kier alpha value is -1.28. The van der Waals surface area contributed by atoms with Crippen LogP contribution in [0.5, 0.6) is 0 Å². The van der Waals surface area contributed by atoms with Gasteiger partial charge in [-0.1, -0.05) is 18.7 Å². The Labute approximate surface area is 109 Å². The number of thioether (sulfide) groups is 1. The zero-order valence-corrected chi connectivity index (χ0v) is 11.5. The van der Waals surface area contributed by atoms with Crippen LogP contribution in [0, 0.1) is 0 Å². The van der Waals surface area contributed by atoms with Crippen molar-refractivity contribution in [3.63, 3.8) is 0 Å². The first-order valence-corrected chi connectivity index (χ1v) is 6.56. The molecule has 1 rings (SSSR count). The number of hydrogen-bond acceptors (Lipinski definition) is 6. The number of nitrogens with two attached hydrogens (primary N) is 1. The molecule has 0 bridgehead atoms. The van der Waals surface area contributed by atoms with E-state index in [1.165, 1.54) is 23.4 Å². The number of carbonyl (C=O) groups is 1. The predicted molar refractivity (Wildman–Crippen MR) is 68.5 cm³/mol. The van der Waals surface area contributed by atoms with Crippen molar-refractivity contribution >= 4 is 17.7 Å². The maximum atomic E-state index is 11.5. The van der Waals surface area contributed by atoms with Crippen molar-refractivity contribution in [2.24, 2.45) is 5.73 Å². The van der Waals surface area contributed by atoms with Crippen molar-refractivity contribution < 1.29 is 9.53 Å². The maximum Gasteiger partial charge on any atom is 0.343 e. The summed E-state index contributed by atoms with van der Waals surface area (Å²) in [6, 6.07) is 0. The molecule has 0 saturated heterocycles. The number of rotatable bonds is 6. The van der Waals surface area contributed by atoms with Crippen LogP contribution in [0.1, 0.15) is 20.3 Å². The van der Waals surface area contributed by atoms with Gasteiger partial charge in [0, 0.05) is 12.3 Å². The van der Waals surface area contributed by atoms with Crippen LogP contribution in [-0.4, -0.2) is 39.1 Å². The third kappa shape index (κ3) is 3.36. The Morgan fingerprint density at radius 3 is 2.89 bits per heavy atom. The van der Waals surface area contributed by atoms with Gasteiger partial charge in [-0.15, -0.1) is 5.10 Å². The molecular formula is C10H18N4O3S. The molecule has 0 aliphatic heterocycles. The molecule has 1 unspecified atom stereocenters. The smallest absolute Gasteiger partial charge is 0.343 e. The molecule has 0 spiro atoms. The first-order valence-electron chi connectivity index (χ1n) is 5.57. The molecule has 0 fully saturated rings. The normalized spacial score (nSPS) is 14.2. The van der Waals surface area contributed by atoms with Crippen molar-refractivity contribution in [2.75, 3.05) is 12.9 Å². The molecule has 0 aromatic carbocycles. The van der Waals surface area contributed by atoms with E-state index in [1.54, 1.807) is 6.92 Å². The van der Waals surface area contributed by atoms with Gasteiger partial charge in [0.2, 0.25) is 0 Å². The predicted octanol–water partition coefficient (Wildman–Crippen LogP) is -0.0361. The van der Waals surface area contributed by atoms with Crippen molar-refractivity contribution in [3.05, 3.63) is 10.5 Å². The summed E-state index contributed by atoms with van der Waals surface area (Å²) in [4.78, 5) is 22.9. The largest absolute Gasteiger partial charge is 0.468 e. The van der Waals surface area contributed by atoms with Crippen LogP contribution in [0.4, 0.5) is 0 Å². The summed E-state index contributed by atoms with van der Waals surface area (Å²) < 4.78 is 6.14. The third-order valence-corrected chi connectivity index (χ3v) is 3.64. The van der Waals surface area contributed by atoms with Gasteiger partial charge >= 0.3 is 11.7 Å². The molecule has 1 heterocycles. The van der Waals surface area contributed by atoms with E-state index in [2.05, 4.69) is 14.9 Å². The van der Waals surface area contributed by atoms with E-state index in [4.69, 9.17) is 5.73 Å². The molecule has 18 heavy (non-hydrogen) atoms. The van der Waals surface area contributed by atoms with E-state index in [-0.39, 0.29) is 11.4 Å². The first kappa shape index (κ1) is 14.8. The van der Waals surface area contributed by atoms with Gasteiger partial charge in [0.15, 0.2) is 5.16 Å².